The van der Waals surface area contributed by atoms with Crippen molar-refractivity contribution in [1.29, 1.82) is 0 Å². The monoisotopic (exact) mass is 412 g/mol. The fourth-order valence-electron chi connectivity index (χ4n) is 4.10. The van der Waals surface area contributed by atoms with Crippen molar-refractivity contribution in [2.45, 2.75) is 45.2 Å². The van der Waals surface area contributed by atoms with Gasteiger partial charge in [-0.05, 0) is 50.2 Å². The molecule has 0 saturated carbocycles. The number of aromatic nitrogens is 3. The largest absolute Gasteiger partial charge is 0.384 e. The number of ether oxygens (including phenoxy) is 1. The van der Waals surface area contributed by atoms with E-state index in [0.717, 1.165) is 43.0 Å². The lowest BCUT2D eigenvalue weighted by atomic mass is 10.0. The first-order valence-electron chi connectivity index (χ1n) is 10.4. The van der Waals surface area contributed by atoms with Crippen LogP contribution in [0.4, 0.5) is 11.6 Å². The molecule has 4 rings (SSSR count). The van der Waals surface area contributed by atoms with E-state index < -0.39 is 6.04 Å². The van der Waals surface area contributed by atoms with Crippen LogP contribution in [0.1, 0.15) is 42.3 Å². The third kappa shape index (κ3) is 4.30. The van der Waals surface area contributed by atoms with Gasteiger partial charge in [-0.2, -0.15) is 0 Å². The average Bonchev–Trinajstić information content (AvgIpc) is 3.18. The second kappa shape index (κ2) is 8.83. The number of rotatable bonds is 6. The molecule has 2 aromatic heterocycles. The standard InChI is InChI=1S/C21H28N6O3/c1-13-15(2-5-18(22)26-13)11-25-20(28)17-4-3-16-12-24-19(21(29)27(16)17)23-10-14-6-8-30-9-7-14/h2,5,12,14,17H,3-4,6-11H2,1H3,(H2,22,26)(H,23,24)(H,25,28). The van der Waals surface area contributed by atoms with Crippen LogP contribution in [0.2, 0.25) is 0 Å². The van der Waals surface area contributed by atoms with Crippen LogP contribution < -0.4 is 21.9 Å². The third-order valence-electron chi connectivity index (χ3n) is 5.93. The number of hydrogen-bond donors (Lipinski definition) is 3. The molecule has 4 N–H and O–H groups in total. The number of carbonyl (C=O) groups excluding carboxylic acids is 1. The Kier molecular flexibility index (Phi) is 5.98. The number of fused-ring (bicyclic) bond motifs is 1. The van der Waals surface area contributed by atoms with E-state index >= 15 is 0 Å². The summed E-state index contributed by atoms with van der Waals surface area (Å²) < 4.78 is 6.97. The number of nitrogen functional groups attached to an aromatic ring is 1. The summed E-state index contributed by atoms with van der Waals surface area (Å²) >= 11 is 0. The maximum Gasteiger partial charge on any atom is 0.294 e. The zero-order valence-electron chi connectivity index (χ0n) is 17.2. The molecule has 2 aliphatic heterocycles. The number of nitrogens with zero attached hydrogens (tertiary/aromatic N) is 3. The van der Waals surface area contributed by atoms with Crippen LogP contribution in [-0.4, -0.2) is 40.2 Å². The van der Waals surface area contributed by atoms with Gasteiger partial charge in [0.2, 0.25) is 5.91 Å². The highest BCUT2D eigenvalue weighted by atomic mass is 16.5. The summed E-state index contributed by atoms with van der Waals surface area (Å²) in [5.41, 5.74) is 7.92. The van der Waals surface area contributed by atoms with Gasteiger partial charge in [-0.15, -0.1) is 0 Å². The molecule has 30 heavy (non-hydrogen) atoms. The molecule has 1 atom stereocenters. The highest BCUT2D eigenvalue weighted by Crippen LogP contribution is 2.24. The van der Waals surface area contributed by atoms with Gasteiger partial charge in [-0.1, -0.05) is 6.07 Å². The molecule has 0 spiro atoms. The van der Waals surface area contributed by atoms with Gasteiger partial charge in [0.15, 0.2) is 5.82 Å². The summed E-state index contributed by atoms with van der Waals surface area (Å²) in [7, 11) is 0. The first kappa shape index (κ1) is 20.3. The van der Waals surface area contributed by atoms with Crippen LogP contribution in [-0.2, 0) is 22.5 Å². The molecule has 0 aliphatic carbocycles. The molecule has 2 aliphatic rings. The van der Waals surface area contributed by atoms with Crippen molar-refractivity contribution < 1.29 is 9.53 Å². The Hall–Kier alpha value is -2.94. The van der Waals surface area contributed by atoms with Crippen molar-refractivity contribution in [2.24, 2.45) is 5.92 Å². The molecule has 2 aromatic rings. The van der Waals surface area contributed by atoms with Crippen LogP contribution >= 0.6 is 0 Å². The number of carbonyl (C=O) groups is 1. The Balaban J connectivity index is 1.44. The van der Waals surface area contributed by atoms with E-state index in [0.29, 0.717) is 43.5 Å². The van der Waals surface area contributed by atoms with Crippen molar-refractivity contribution in [3.05, 3.63) is 45.6 Å². The summed E-state index contributed by atoms with van der Waals surface area (Å²) in [6, 6.07) is 3.04. The second-order valence-corrected chi connectivity index (χ2v) is 7.96. The molecule has 1 unspecified atom stereocenters. The molecule has 9 heteroatoms. The number of amides is 1. The molecule has 9 nitrogen and oxygen atoms in total. The molecule has 1 amide bonds. The van der Waals surface area contributed by atoms with Gasteiger partial charge in [-0.3, -0.25) is 14.2 Å². The van der Waals surface area contributed by atoms with E-state index in [4.69, 9.17) is 10.5 Å². The molecule has 1 fully saturated rings. The molecular formula is C21H28N6O3. The Labute approximate surface area is 175 Å². The molecule has 0 radical (unpaired) electrons. The van der Waals surface area contributed by atoms with Gasteiger partial charge >= 0.3 is 0 Å². The zero-order valence-corrected chi connectivity index (χ0v) is 17.2. The minimum atomic E-state index is -0.527. The summed E-state index contributed by atoms with van der Waals surface area (Å²) in [6.45, 7) is 4.40. The number of nitrogens with one attached hydrogen (secondary N) is 2. The van der Waals surface area contributed by atoms with E-state index in [1.54, 1.807) is 16.8 Å². The predicted molar refractivity (Wildman–Crippen MR) is 113 cm³/mol. The van der Waals surface area contributed by atoms with Crippen molar-refractivity contribution in [3.63, 3.8) is 0 Å². The lowest BCUT2D eigenvalue weighted by molar-refractivity contribution is -0.124. The fourth-order valence-corrected chi connectivity index (χ4v) is 4.10. The molecular weight excluding hydrogens is 384 g/mol. The first-order valence-corrected chi connectivity index (χ1v) is 10.4. The minimum absolute atomic E-state index is 0.173. The molecule has 0 bridgehead atoms. The van der Waals surface area contributed by atoms with Crippen LogP contribution in [0.5, 0.6) is 0 Å². The maximum absolute atomic E-state index is 13.0. The quantitative estimate of drug-likeness (QED) is 0.650. The minimum Gasteiger partial charge on any atom is -0.384 e. The maximum atomic E-state index is 13.0. The fraction of sp³-hybridized carbons (Fsp3) is 0.524. The lowest BCUT2D eigenvalue weighted by Crippen LogP contribution is -2.37. The van der Waals surface area contributed by atoms with Crippen molar-refractivity contribution in [3.8, 4) is 0 Å². The van der Waals surface area contributed by atoms with Gasteiger partial charge in [0.1, 0.15) is 11.9 Å². The number of nitrogens with two attached hydrogens (primary N) is 1. The van der Waals surface area contributed by atoms with Gasteiger partial charge in [0.05, 0.1) is 0 Å². The highest BCUT2D eigenvalue weighted by molar-refractivity contribution is 5.81. The Bertz CT molecular complexity index is 983. The Morgan fingerprint density at radius 3 is 2.87 bits per heavy atom. The topological polar surface area (TPSA) is 124 Å². The highest BCUT2D eigenvalue weighted by Gasteiger charge is 2.30. The number of hydrogen-bond acceptors (Lipinski definition) is 7. The molecule has 160 valence electrons. The van der Waals surface area contributed by atoms with E-state index in [1.165, 1.54) is 0 Å². The molecule has 1 saturated heterocycles. The Morgan fingerprint density at radius 1 is 1.30 bits per heavy atom. The van der Waals surface area contributed by atoms with Gasteiger partial charge in [0.25, 0.3) is 5.56 Å². The van der Waals surface area contributed by atoms with Crippen LogP contribution in [0.15, 0.2) is 23.1 Å². The summed E-state index contributed by atoms with van der Waals surface area (Å²) in [6.07, 6.45) is 4.90. The van der Waals surface area contributed by atoms with Crippen molar-refractivity contribution in [2.75, 3.05) is 30.8 Å². The number of anilines is 2. The SMILES string of the molecule is Cc1nc(N)ccc1CNC(=O)C1CCc2cnc(NCC3CCOCC3)c(=O)n21. The van der Waals surface area contributed by atoms with Gasteiger partial charge in [-0.25, -0.2) is 9.97 Å². The van der Waals surface area contributed by atoms with Gasteiger partial charge < -0.3 is 21.1 Å². The summed E-state index contributed by atoms with van der Waals surface area (Å²) in [5, 5.41) is 6.13. The van der Waals surface area contributed by atoms with Crippen LogP contribution in [0, 0.1) is 12.8 Å². The van der Waals surface area contributed by atoms with E-state index in [2.05, 4.69) is 20.6 Å². The number of aryl methyl sites for hydroxylation is 2. The third-order valence-corrected chi connectivity index (χ3v) is 5.93. The van der Waals surface area contributed by atoms with Crippen molar-refractivity contribution in [1.82, 2.24) is 19.9 Å². The smallest absolute Gasteiger partial charge is 0.294 e. The average molecular weight is 412 g/mol. The second-order valence-electron chi connectivity index (χ2n) is 7.96. The summed E-state index contributed by atoms with van der Waals surface area (Å²) in [4.78, 5) is 34.4. The molecule has 0 aromatic carbocycles. The van der Waals surface area contributed by atoms with Crippen molar-refractivity contribution >= 4 is 17.5 Å². The number of pyridine rings is 1. The Morgan fingerprint density at radius 2 is 2.10 bits per heavy atom. The molecule has 4 heterocycles. The van der Waals surface area contributed by atoms with E-state index in [-0.39, 0.29) is 11.5 Å². The van der Waals surface area contributed by atoms with E-state index in [1.807, 2.05) is 13.0 Å². The zero-order chi connectivity index (χ0) is 21.1. The van der Waals surface area contributed by atoms with Gasteiger partial charge in [0, 0.05) is 43.9 Å². The normalized spacial score (nSPS) is 18.8. The van der Waals surface area contributed by atoms with E-state index in [9.17, 15) is 9.59 Å². The predicted octanol–water partition coefficient (Wildman–Crippen LogP) is 1.17. The lowest BCUT2D eigenvalue weighted by Gasteiger charge is -2.22. The first-order chi connectivity index (χ1) is 14.5. The summed E-state index contributed by atoms with van der Waals surface area (Å²) in [5.74, 6) is 1.05. The van der Waals surface area contributed by atoms with Crippen LogP contribution in [0.25, 0.3) is 0 Å². The van der Waals surface area contributed by atoms with Crippen LogP contribution in [0.3, 0.4) is 0 Å².